The Morgan fingerprint density at radius 2 is 1.83 bits per heavy atom. The summed E-state index contributed by atoms with van der Waals surface area (Å²) in [5.41, 5.74) is 2.47. The van der Waals surface area contributed by atoms with Gasteiger partial charge in [-0.05, 0) is 30.7 Å². The molecule has 1 amide bonds. The molecule has 0 aliphatic rings. The monoisotopic (exact) mass is 236 g/mol. The standard InChI is InChI=1S/C15H12N2O/c1-11-6-5-9-14(13(11)10-16)17-15(18)12-7-3-2-4-8-12/h2-9H,1H3,(H,17,18). The van der Waals surface area contributed by atoms with Gasteiger partial charge in [0.25, 0.3) is 5.91 Å². The Balaban J connectivity index is 2.29. The molecule has 0 heterocycles. The highest BCUT2D eigenvalue weighted by Crippen LogP contribution is 2.19. The molecule has 88 valence electrons. The van der Waals surface area contributed by atoms with Crippen LogP contribution in [0.15, 0.2) is 48.5 Å². The van der Waals surface area contributed by atoms with E-state index >= 15 is 0 Å². The van der Waals surface area contributed by atoms with E-state index in [-0.39, 0.29) is 5.91 Å². The predicted molar refractivity (Wildman–Crippen MR) is 70.3 cm³/mol. The number of nitrogens with one attached hydrogen (secondary N) is 1. The lowest BCUT2D eigenvalue weighted by atomic mass is 10.1. The van der Waals surface area contributed by atoms with Gasteiger partial charge in [0.1, 0.15) is 6.07 Å². The normalized spacial score (nSPS) is 9.56. The Morgan fingerprint density at radius 3 is 2.50 bits per heavy atom. The molecule has 18 heavy (non-hydrogen) atoms. The van der Waals surface area contributed by atoms with Gasteiger partial charge in [-0.1, -0.05) is 30.3 Å². The molecule has 0 atom stereocenters. The largest absolute Gasteiger partial charge is 0.321 e. The number of amides is 1. The minimum Gasteiger partial charge on any atom is -0.321 e. The summed E-state index contributed by atoms with van der Waals surface area (Å²) in [6.07, 6.45) is 0. The van der Waals surface area contributed by atoms with E-state index < -0.39 is 0 Å². The van der Waals surface area contributed by atoms with Gasteiger partial charge in [-0.25, -0.2) is 0 Å². The number of nitriles is 1. The molecule has 0 unspecified atom stereocenters. The molecular weight excluding hydrogens is 224 g/mol. The summed E-state index contributed by atoms with van der Waals surface area (Å²) in [5.74, 6) is -0.210. The first-order valence-corrected chi connectivity index (χ1v) is 5.58. The molecule has 0 saturated heterocycles. The van der Waals surface area contributed by atoms with Crippen LogP contribution in [-0.4, -0.2) is 5.91 Å². The Kier molecular flexibility index (Phi) is 3.40. The lowest BCUT2D eigenvalue weighted by Gasteiger charge is -2.08. The number of carbonyl (C=O) groups is 1. The maximum atomic E-state index is 12.0. The topological polar surface area (TPSA) is 52.9 Å². The number of nitrogens with zero attached hydrogens (tertiary/aromatic N) is 1. The molecule has 0 radical (unpaired) electrons. The average molecular weight is 236 g/mol. The zero-order valence-electron chi connectivity index (χ0n) is 9.97. The number of hydrogen-bond donors (Lipinski definition) is 1. The van der Waals surface area contributed by atoms with Gasteiger partial charge in [-0.3, -0.25) is 4.79 Å². The molecule has 2 aromatic carbocycles. The SMILES string of the molecule is Cc1cccc(NC(=O)c2ccccc2)c1C#N. The summed E-state index contributed by atoms with van der Waals surface area (Å²) in [7, 11) is 0. The van der Waals surface area contributed by atoms with E-state index in [4.69, 9.17) is 5.26 Å². The van der Waals surface area contributed by atoms with Crippen LogP contribution in [0.25, 0.3) is 0 Å². The average Bonchev–Trinajstić information content (AvgIpc) is 2.40. The van der Waals surface area contributed by atoms with Crippen molar-refractivity contribution in [2.45, 2.75) is 6.92 Å². The minimum absolute atomic E-state index is 0.210. The van der Waals surface area contributed by atoms with E-state index in [9.17, 15) is 4.79 Å². The summed E-state index contributed by atoms with van der Waals surface area (Å²) in [5, 5.41) is 11.8. The minimum atomic E-state index is -0.210. The predicted octanol–water partition coefficient (Wildman–Crippen LogP) is 3.12. The molecule has 0 bridgehead atoms. The molecule has 0 aliphatic carbocycles. The molecular formula is C15H12N2O. The van der Waals surface area contributed by atoms with Crippen molar-refractivity contribution in [1.29, 1.82) is 5.26 Å². The fourth-order valence-corrected chi connectivity index (χ4v) is 1.70. The molecule has 0 aliphatic heterocycles. The third-order valence-electron chi connectivity index (χ3n) is 2.67. The van der Waals surface area contributed by atoms with Crippen LogP contribution in [0.5, 0.6) is 0 Å². The van der Waals surface area contributed by atoms with Gasteiger partial charge in [-0.2, -0.15) is 5.26 Å². The highest BCUT2D eigenvalue weighted by molar-refractivity contribution is 6.04. The van der Waals surface area contributed by atoms with Crippen molar-refractivity contribution in [3.05, 3.63) is 65.2 Å². The van der Waals surface area contributed by atoms with E-state index in [1.165, 1.54) is 0 Å². The lowest BCUT2D eigenvalue weighted by molar-refractivity contribution is 0.102. The Bertz CT molecular complexity index is 612. The number of aryl methyl sites for hydroxylation is 1. The van der Waals surface area contributed by atoms with Crippen molar-refractivity contribution in [2.75, 3.05) is 5.32 Å². The van der Waals surface area contributed by atoms with Crippen LogP contribution < -0.4 is 5.32 Å². The maximum Gasteiger partial charge on any atom is 0.255 e. The third-order valence-corrected chi connectivity index (χ3v) is 2.67. The molecule has 3 heteroatoms. The highest BCUT2D eigenvalue weighted by Gasteiger charge is 2.09. The number of hydrogen-bond acceptors (Lipinski definition) is 2. The second-order valence-corrected chi connectivity index (χ2v) is 3.93. The van der Waals surface area contributed by atoms with E-state index in [2.05, 4.69) is 11.4 Å². The van der Waals surface area contributed by atoms with Crippen LogP contribution in [0.3, 0.4) is 0 Å². The second-order valence-electron chi connectivity index (χ2n) is 3.93. The van der Waals surface area contributed by atoms with Gasteiger partial charge in [0.2, 0.25) is 0 Å². The van der Waals surface area contributed by atoms with Crippen LogP contribution in [0.4, 0.5) is 5.69 Å². The number of anilines is 1. The fourth-order valence-electron chi connectivity index (χ4n) is 1.70. The van der Waals surface area contributed by atoms with Gasteiger partial charge >= 0.3 is 0 Å². The first-order valence-electron chi connectivity index (χ1n) is 5.58. The maximum absolute atomic E-state index is 12.0. The van der Waals surface area contributed by atoms with Crippen molar-refractivity contribution in [3.8, 4) is 6.07 Å². The van der Waals surface area contributed by atoms with E-state index in [1.54, 1.807) is 30.3 Å². The van der Waals surface area contributed by atoms with Gasteiger partial charge in [0.05, 0.1) is 11.3 Å². The summed E-state index contributed by atoms with van der Waals surface area (Å²) in [6.45, 7) is 1.84. The quantitative estimate of drug-likeness (QED) is 0.870. The second kappa shape index (κ2) is 5.15. The van der Waals surface area contributed by atoms with Crippen LogP contribution in [0.1, 0.15) is 21.5 Å². The van der Waals surface area contributed by atoms with Crippen LogP contribution in [0, 0.1) is 18.3 Å². The van der Waals surface area contributed by atoms with Crippen LogP contribution in [-0.2, 0) is 0 Å². The van der Waals surface area contributed by atoms with Crippen molar-refractivity contribution >= 4 is 11.6 Å². The van der Waals surface area contributed by atoms with E-state index in [0.29, 0.717) is 16.8 Å². The zero-order chi connectivity index (χ0) is 13.0. The highest BCUT2D eigenvalue weighted by atomic mass is 16.1. The molecule has 3 nitrogen and oxygen atoms in total. The fraction of sp³-hybridized carbons (Fsp3) is 0.0667. The molecule has 2 aromatic rings. The molecule has 0 spiro atoms. The van der Waals surface area contributed by atoms with Gasteiger partial charge in [0, 0.05) is 5.56 Å². The number of carbonyl (C=O) groups excluding carboxylic acids is 1. The molecule has 2 rings (SSSR count). The van der Waals surface area contributed by atoms with E-state index in [1.807, 2.05) is 25.1 Å². The Morgan fingerprint density at radius 1 is 1.11 bits per heavy atom. The number of benzene rings is 2. The lowest BCUT2D eigenvalue weighted by Crippen LogP contribution is -2.12. The van der Waals surface area contributed by atoms with E-state index in [0.717, 1.165) is 5.56 Å². The first-order chi connectivity index (χ1) is 8.72. The third kappa shape index (κ3) is 2.38. The van der Waals surface area contributed by atoms with Crippen molar-refractivity contribution in [3.63, 3.8) is 0 Å². The summed E-state index contributed by atoms with van der Waals surface area (Å²) in [4.78, 5) is 12.0. The van der Waals surface area contributed by atoms with Gasteiger partial charge in [-0.15, -0.1) is 0 Å². The smallest absolute Gasteiger partial charge is 0.255 e. The van der Waals surface area contributed by atoms with Crippen molar-refractivity contribution in [2.24, 2.45) is 0 Å². The van der Waals surface area contributed by atoms with Crippen molar-refractivity contribution in [1.82, 2.24) is 0 Å². The number of rotatable bonds is 2. The molecule has 0 aromatic heterocycles. The Hall–Kier alpha value is -2.60. The molecule has 0 saturated carbocycles. The van der Waals surface area contributed by atoms with Gasteiger partial charge in [0.15, 0.2) is 0 Å². The molecule has 1 N–H and O–H groups in total. The van der Waals surface area contributed by atoms with Crippen LogP contribution in [0.2, 0.25) is 0 Å². The Labute approximate surface area is 106 Å². The van der Waals surface area contributed by atoms with Crippen LogP contribution >= 0.6 is 0 Å². The summed E-state index contributed by atoms with van der Waals surface area (Å²) in [6, 6.07) is 16.4. The molecule has 0 fully saturated rings. The summed E-state index contributed by atoms with van der Waals surface area (Å²) >= 11 is 0. The summed E-state index contributed by atoms with van der Waals surface area (Å²) < 4.78 is 0. The van der Waals surface area contributed by atoms with Crippen molar-refractivity contribution < 1.29 is 4.79 Å². The van der Waals surface area contributed by atoms with Gasteiger partial charge < -0.3 is 5.32 Å². The first kappa shape index (κ1) is 11.9. The zero-order valence-corrected chi connectivity index (χ0v) is 9.97.